The van der Waals surface area contributed by atoms with Crippen LogP contribution < -0.4 is 9.47 Å². The molecule has 6 heteroatoms. The summed E-state index contributed by atoms with van der Waals surface area (Å²) in [4.78, 5) is 16.6. The third kappa shape index (κ3) is 3.26. The molecule has 0 fully saturated rings. The van der Waals surface area contributed by atoms with E-state index in [2.05, 4.69) is 4.98 Å². The minimum Gasteiger partial charge on any atom is -0.493 e. The number of halogens is 1. The molecule has 1 aliphatic carbocycles. The van der Waals surface area contributed by atoms with E-state index >= 15 is 0 Å². The number of rotatable bonds is 2. The Morgan fingerprint density at radius 2 is 1.96 bits per heavy atom. The smallest absolute Gasteiger partial charge is 0.493 e. The van der Waals surface area contributed by atoms with E-state index in [1.807, 2.05) is 0 Å². The second-order valence-electron chi connectivity index (χ2n) is 6.79. The van der Waals surface area contributed by atoms with Gasteiger partial charge in [-0.15, -0.1) is 0 Å². The highest BCUT2D eigenvalue weighted by Crippen LogP contribution is 2.39. The first-order valence-corrected chi connectivity index (χ1v) is 8.26. The van der Waals surface area contributed by atoms with Crippen LogP contribution in [0.25, 0.3) is 10.9 Å². The largest absolute Gasteiger partial charge is 0.514 e. The number of benzene rings is 1. The lowest BCUT2D eigenvalue weighted by Crippen LogP contribution is -2.26. The van der Waals surface area contributed by atoms with Crippen molar-refractivity contribution in [2.45, 2.75) is 45.6 Å². The van der Waals surface area contributed by atoms with Crippen LogP contribution >= 0.6 is 11.6 Å². The van der Waals surface area contributed by atoms with E-state index in [0.29, 0.717) is 16.3 Å². The Labute approximate surface area is 145 Å². The van der Waals surface area contributed by atoms with E-state index in [1.165, 1.54) is 7.11 Å². The molecule has 0 bridgehead atoms. The molecule has 0 atom stereocenters. The van der Waals surface area contributed by atoms with Crippen molar-refractivity contribution in [1.82, 2.24) is 4.98 Å². The SMILES string of the molecule is COc1cc2c(Cl)c3c(nc2cc1OC(=O)OC(C)(C)C)CCC3. The number of fused-ring (bicyclic) bond motifs is 2. The first kappa shape index (κ1) is 16.8. The lowest BCUT2D eigenvalue weighted by molar-refractivity contribution is 0.0201. The van der Waals surface area contributed by atoms with E-state index in [1.54, 1.807) is 32.9 Å². The number of hydrogen-bond donors (Lipinski definition) is 0. The Balaban J connectivity index is 2.02. The number of aryl methyl sites for hydroxylation is 1. The van der Waals surface area contributed by atoms with Crippen molar-refractivity contribution in [2.24, 2.45) is 0 Å². The number of methoxy groups -OCH3 is 1. The van der Waals surface area contributed by atoms with Gasteiger partial charge in [-0.3, -0.25) is 4.98 Å². The topological polar surface area (TPSA) is 57.7 Å². The van der Waals surface area contributed by atoms with Gasteiger partial charge in [0.2, 0.25) is 0 Å². The highest BCUT2D eigenvalue weighted by molar-refractivity contribution is 6.36. The van der Waals surface area contributed by atoms with Crippen LogP contribution in [0.5, 0.6) is 11.5 Å². The van der Waals surface area contributed by atoms with Crippen LogP contribution in [0.4, 0.5) is 4.79 Å². The fourth-order valence-electron chi connectivity index (χ4n) is 2.81. The second-order valence-corrected chi connectivity index (χ2v) is 7.17. The van der Waals surface area contributed by atoms with Crippen molar-refractivity contribution in [3.63, 3.8) is 0 Å². The molecule has 0 N–H and O–H groups in total. The van der Waals surface area contributed by atoms with Crippen molar-refractivity contribution in [1.29, 1.82) is 0 Å². The molecule has 0 unspecified atom stereocenters. The highest BCUT2D eigenvalue weighted by Gasteiger charge is 2.23. The van der Waals surface area contributed by atoms with Gasteiger partial charge in [0.1, 0.15) is 5.60 Å². The van der Waals surface area contributed by atoms with Crippen LogP contribution in [0.15, 0.2) is 12.1 Å². The number of aromatic nitrogens is 1. The zero-order valence-corrected chi connectivity index (χ0v) is 15.0. The van der Waals surface area contributed by atoms with E-state index in [4.69, 9.17) is 25.8 Å². The molecule has 0 saturated carbocycles. The van der Waals surface area contributed by atoms with Crippen LogP contribution in [0.1, 0.15) is 38.4 Å². The summed E-state index contributed by atoms with van der Waals surface area (Å²) >= 11 is 6.53. The fourth-order valence-corrected chi connectivity index (χ4v) is 3.17. The molecule has 5 nitrogen and oxygen atoms in total. The van der Waals surface area contributed by atoms with Crippen LogP contribution in [-0.2, 0) is 17.6 Å². The van der Waals surface area contributed by atoms with Gasteiger partial charge in [-0.05, 0) is 51.7 Å². The van der Waals surface area contributed by atoms with Crippen molar-refractivity contribution >= 4 is 28.7 Å². The molecular formula is C18H20ClNO4. The summed E-state index contributed by atoms with van der Waals surface area (Å²) in [6.45, 7) is 5.32. The molecule has 1 aromatic heterocycles. The predicted molar refractivity (Wildman–Crippen MR) is 92.2 cm³/mol. The lowest BCUT2D eigenvalue weighted by Gasteiger charge is -2.19. The molecule has 24 heavy (non-hydrogen) atoms. The van der Waals surface area contributed by atoms with Gasteiger partial charge in [0.05, 0.1) is 17.6 Å². The van der Waals surface area contributed by atoms with Gasteiger partial charge in [-0.1, -0.05) is 11.6 Å². The average Bonchev–Trinajstić information content (AvgIpc) is 2.93. The van der Waals surface area contributed by atoms with Gasteiger partial charge >= 0.3 is 6.16 Å². The quantitative estimate of drug-likeness (QED) is 0.581. The summed E-state index contributed by atoms with van der Waals surface area (Å²) in [5, 5.41) is 1.50. The van der Waals surface area contributed by atoms with Gasteiger partial charge in [0, 0.05) is 17.1 Å². The predicted octanol–water partition coefficient (Wildman–Crippen LogP) is 4.70. The van der Waals surface area contributed by atoms with Gasteiger partial charge < -0.3 is 14.2 Å². The minimum atomic E-state index is -0.785. The third-order valence-corrected chi connectivity index (χ3v) is 4.24. The Morgan fingerprint density at radius 1 is 1.21 bits per heavy atom. The van der Waals surface area contributed by atoms with Crippen molar-refractivity contribution < 1.29 is 19.0 Å². The van der Waals surface area contributed by atoms with Gasteiger partial charge in [0.15, 0.2) is 11.5 Å². The Bertz CT molecular complexity index is 811. The van der Waals surface area contributed by atoms with E-state index in [9.17, 15) is 4.79 Å². The Kier molecular flexibility index (Phi) is 4.30. The number of nitrogens with zero attached hydrogens (tertiary/aromatic N) is 1. The van der Waals surface area contributed by atoms with Crippen molar-refractivity contribution in [2.75, 3.05) is 7.11 Å². The van der Waals surface area contributed by atoms with Gasteiger partial charge in [-0.2, -0.15) is 0 Å². The summed E-state index contributed by atoms with van der Waals surface area (Å²) in [6.07, 6.45) is 2.12. The van der Waals surface area contributed by atoms with Crippen LogP contribution in [0, 0.1) is 0 Å². The zero-order chi connectivity index (χ0) is 17.5. The molecule has 2 aromatic rings. The first-order chi connectivity index (χ1) is 11.3. The fraction of sp³-hybridized carbons (Fsp3) is 0.444. The van der Waals surface area contributed by atoms with Crippen LogP contribution in [0.2, 0.25) is 5.02 Å². The molecule has 0 spiro atoms. The molecule has 0 amide bonds. The van der Waals surface area contributed by atoms with E-state index < -0.39 is 11.8 Å². The molecule has 0 aliphatic heterocycles. The molecule has 128 valence electrons. The first-order valence-electron chi connectivity index (χ1n) is 7.88. The normalized spacial score (nSPS) is 13.7. The summed E-state index contributed by atoms with van der Waals surface area (Å²) in [5.41, 5.74) is 2.16. The number of hydrogen-bond acceptors (Lipinski definition) is 5. The van der Waals surface area contributed by atoms with Gasteiger partial charge in [0.25, 0.3) is 0 Å². The summed E-state index contributed by atoms with van der Waals surface area (Å²) in [5.74, 6) is 0.677. The molecule has 3 rings (SSSR count). The van der Waals surface area contributed by atoms with Crippen molar-refractivity contribution in [3.05, 3.63) is 28.4 Å². The number of carbonyl (C=O) groups excluding carboxylic acids is 1. The van der Waals surface area contributed by atoms with E-state index in [0.717, 1.165) is 35.9 Å². The average molecular weight is 350 g/mol. The molecule has 0 radical (unpaired) electrons. The summed E-state index contributed by atoms with van der Waals surface area (Å²) in [6, 6.07) is 3.42. The van der Waals surface area contributed by atoms with Crippen LogP contribution in [0.3, 0.4) is 0 Å². The standard InChI is InChI=1S/C18H20ClNO4/c1-18(2,3)24-17(21)23-15-9-13-11(8-14(15)22-4)16(19)10-6-5-7-12(10)20-13/h8-9H,5-7H2,1-4H3. The maximum atomic E-state index is 11.9. The highest BCUT2D eigenvalue weighted by atomic mass is 35.5. The van der Waals surface area contributed by atoms with E-state index in [-0.39, 0.29) is 5.75 Å². The second kappa shape index (κ2) is 6.13. The maximum Gasteiger partial charge on any atom is 0.514 e. The summed E-state index contributed by atoms with van der Waals surface area (Å²) in [7, 11) is 1.51. The minimum absolute atomic E-state index is 0.265. The molecular weight excluding hydrogens is 330 g/mol. The molecule has 1 aromatic carbocycles. The molecule has 0 saturated heterocycles. The lowest BCUT2D eigenvalue weighted by atomic mass is 10.1. The number of ether oxygens (including phenoxy) is 3. The zero-order valence-electron chi connectivity index (χ0n) is 14.2. The molecule has 1 heterocycles. The Morgan fingerprint density at radius 3 is 2.62 bits per heavy atom. The summed E-state index contributed by atoms with van der Waals surface area (Å²) < 4.78 is 15.8. The maximum absolute atomic E-state index is 11.9. The van der Waals surface area contributed by atoms with Crippen molar-refractivity contribution in [3.8, 4) is 11.5 Å². The third-order valence-electron chi connectivity index (χ3n) is 3.81. The van der Waals surface area contributed by atoms with Crippen LogP contribution in [-0.4, -0.2) is 23.9 Å². The molecule has 1 aliphatic rings. The number of pyridine rings is 1. The number of carbonyl (C=O) groups is 1. The van der Waals surface area contributed by atoms with Gasteiger partial charge in [-0.25, -0.2) is 4.79 Å². The monoisotopic (exact) mass is 349 g/mol. The Hall–Kier alpha value is -2.01.